The van der Waals surface area contributed by atoms with E-state index in [4.69, 9.17) is 0 Å². The third-order valence-corrected chi connectivity index (χ3v) is 3.07. The van der Waals surface area contributed by atoms with Crippen molar-refractivity contribution in [3.8, 4) is 17.0 Å². The molecule has 0 unspecified atom stereocenters. The minimum atomic E-state index is -0.0579. The van der Waals surface area contributed by atoms with Gasteiger partial charge in [0.05, 0.1) is 5.69 Å². The third kappa shape index (κ3) is 1.88. The fourth-order valence-electron chi connectivity index (χ4n) is 1.55. The highest BCUT2D eigenvalue weighted by Gasteiger charge is 2.07. The smallest absolute Gasteiger partial charge is 0.250 e. The van der Waals surface area contributed by atoms with E-state index >= 15 is 0 Å². The van der Waals surface area contributed by atoms with Crippen molar-refractivity contribution >= 4 is 15.9 Å². The fraction of sp³-hybridized carbons (Fsp3) is 0.0833. The molecule has 0 saturated carbocycles. The van der Waals surface area contributed by atoms with E-state index in [2.05, 4.69) is 15.9 Å². The molecule has 2 rings (SSSR count). The zero-order chi connectivity index (χ0) is 11.7. The molecular formula is C12H10BrNO2. The molecule has 0 saturated heterocycles. The number of hydrogen-bond acceptors (Lipinski definition) is 2. The predicted molar refractivity (Wildman–Crippen MR) is 66.5 cm³/mol. The van der Waals surface area contributed by atoms with E-state index in [9.17, 15) is 9.90 Å². The topological polar surface area (TPSA) is 42.2 Å². The van der Waals surface area contributed by atoms with Crippen molar-refractivity contribution in [3.05, 3.63) is 51.2 Å². The summed E-state index contributed by atoms with van der Waals surface area (Å²) in [6.07, 6.45) is 0. The standard InChI is InChI=1S/C12H10BrNO2/c1-14-11(3-2-4-12(14)16)9-6-5-8(15)7-10(9)13/h2-7,15H,1H3. The summed E-state index contributed by atoms with van der Waals surface area (Å²) in [7, 11) is 1.72. The maximum atomic E-state index is 11.5. The van der Waals surface area contributed by atoms with Crippen LogP contribution in [0.2, 0.25) is 0 Å². The molecule has 0 atom stereocenters. The lowest BCUT2D eigenvalue weighted by atomic mass is 10.1. The number of aromatic nitrogens is 1. The van der Waals surface area contributed by atoms with E-state index in [-0.39, 0.29) is 11.3 Å². The van der Waals surface area contributed by atoms with Crippen LogP contribution in [0.15, 0.2) is 45.7 Å². The van der Waals surface area contributed by atoms with Crippen LogP contribution in [-0.4, -0.2) is 9.67 Å². The van der Waals surface area contributed by atoms with Gasteiger partial charge in [-0.1, -0.05) is 6.07 Å². The van der Waals surface area contributed by atoms with Gasteiger partial charge in [0, 0.05) is 23.2 Å². The van der Waals surface area contributed by atoms with Crippen LogP contribution in [0.4, 0.5) is 0 Å². The van der Waals surface area contributed by atoms with Gasteiger partial charge < -0.3 is 9.67 Å². The first-order chi connectivity index (χ1) is 7.59. The number of halogens is 1. The van der Waals surface area contributed by atoms with Gasteiger partial charge in [0.25, 0.3) is 5.56 Å². The van der Waals surface area contributed by atoms with Crippen LogP contribution >= 0.6 is 15.9 Å². The highest BCUT2D eigenvalue weighted by Crippen LogP contribution is 2.29. The van der Waals surface area contributed by atoms with Gasteiger partial charge >= 0.3 is 0 Å². The van der Waals surface area contributed by atoms with Crippen molar-refractivity contribution in [1.29, 1.82) is 0 Å². The molecule has 0 aliphatic heterocycles. The zero-order valence-electron chi connectivity index (χ0n) is 8.64. The summed E-state index contributed by atoms with van der Waals surface area (Å²) in [6.45, 7) is 0. The number of benzene rings is 1. The number of pyridine rings is 1. The Bertz CT molecular complexity index is 590. The van der Waals surface area contributed by atoms with Crippen LogP contribution in [0.5, 0.6) is 5.75 Å². The van der Waals surface area contributed by atoms with Gasteiger partial charge in [0.15, 0.2) is 0 Å². The van der Waals surface area contributed by atoms with Gasteiger partial charge in [-0.05, 0) is 40.2 Å². The van der Waals surface area contributed by atoms with Crippen molar-refractivity contribution in [1.82, 2.24) is 4.57 Å². The first-order valence-corrected chi connectivity index (χ1v) is 5.54. The van der Waals surface area contributed by atoms with Crippen LogP contribution in [0.1, 0.15) is 0 Å². The first-order valence-electron chi connectivity index (χ1n) is 4.74. The molecule has 3 nitrogen and oxygen atoms in total. The minimum Gasteiger partial charge on any atom is -0.508 e. The number of nitrogens with zero attached hydrogens (tertiary/aromatic N) is 1. The molecule has 1 N–H and O–H groups in total. The summed E-state index contributed by atoms with van der Waals surface area (Å²) in [5, 5.41) is 9.31. The van der Waals surface area contributed by atoms with Crippen molar-refractivity contribution in [3.63, 3.8) is 0 Å². The Labute approximate surface area is 101 Å². The Morgan fingerprint density at radius 1 is 1.25 bits per heavy atom. The van der Waals surface area contributed by atoms with Gasteiger partial charge in [0.1, 0.15) is 5.75 Å². The quantitative estimate of drug-likeness (QED) is 0.872. The van der Waals surface area contributed by atoms with Gasteiger partial charge in [-0.2, -0.15) is 0 Å². The molecule has 2 aromatic rings. The normalized spacial score (nSPS) is 10.4. The van der Waals surface area contributed by atoms with Crippen molar-refractivity contribution in [2.45, 2.75) is 0 Å². The van der Waals surface area contributed by atoms with Crippen molar-refractivity contribution in [2.24, 2.45) is 7.05 Å². The zero-order valence-corrected chi connectivity index (χ0v) is 10.2. The molecule has 0 aliphatic carbocycles. The molecule has 0 fully saturated rings. The summed E-state index contributed by atoms with van der Waals surface area (Å²) >= 11 is 3.37. The largest absolute Gasteiger partial charge is 0.508 e. The first kappa shape index (κ1) is 11.0. The minimum absolute atomic E-state index is 0.0579. The Morgan fingerprint density at radius 3 is 2.69 bits per heavy atom. The maximum absolute atomic E-state index is 11.5. The summed E-state index contributed by atoms with van der Waals surface area (Å²) in [5.41, 5.74) is 1.62. The molecule has 0 amide bonds. The molecule has 0 spiro atoms. The van der Waals surface area contributed by atoms with E-state index in [1.54, 1.807) is 35.9 Å². The number of phenolic OH excluding ortho intramolecular Hbond substituents is 1. The molecule has 0 aliphatic rings. The summed E-state index contributed by atoms with van der Waals surface area (Å²) in [5.74, 6) is 0.191. The molecule has 1 aromatic carbocycles. The second-order valence-electron chi connectivity index (χ2n) is 3.47. The Morgan fingerprint density at radius 2 is 2.00 bits per heavy atom. The summed E-state index contributed by atoms with van der Waals surface area (Å²) < 4.78 is 2.32. The Balaban J connectivity index is 2.68. The van der Waals surface area contributed by atoms with E-state index < -0.39 is 0 Å². The lowest BCUT2D eigenvalue weighted by molar-refractivity contribution is 0.475. The van der Waals surface area contributed by atoms with Crippen LogP contribution in [0.3, 0.4) is 0 Å². The van der Waals surface area contributed by atoms with Crippen molar-refractivity contribution < 1.29 is 5.11 Å². The second-order valence-corrected chi connectivity index (χ2v) is 4.33. The molecule has 4 heteroatoms. The van der Waals surface area contributed by atoms with Crippen LogP contribution in [0, 0.1) is 0 Å². The fourth-order valence-corrected chi connectivity index (χ4v) is 2.12. The highest BCUT2D eigenvalue weighted by atomic mass is 79.9. The van der Waals surface area contributed by atoms with Crippen LogP contribution in [0.25, 0.3) is 11.3 Å². The molecule has 16 heavy (non-hydrogen) atoms. The monoisotopic (exact) mass is 279 g/mol. The average Bonchev–Trinajstić information content (AvgIpc) is 2.23. The van der Waals surface area contributed by atoms with Crippen LogP contribution < -0.4 is 5.56 Å². The highest BCUT2D eigenvalue weighted by molar-refractivity contribution is 9.10. The van der Waals surface area contributed by atoms with Gasteiger partial charge in [-0.3, -0.25) is 4.79 Å². The summed E-state index contributed by atoms with van der Waals surface area (Å²) in [6, 6.07) is 10.1. The molecule has 0 radical (unpaired) electrons. The lowest BCUT2D eigenvalue weighted by Gasteiger charge is -2.09. The van der Waals surface area contributed by atoms with E-state index in [0.717, 1.165) is 15.7 Å². The molecule has 1 heterocycles. The molecular weight excluding hydrogens is 270 g/mol. The molecule has 1 aromatic heterocycles. The number of hydrogen-bond donors (Lipinski definition) is 1. The molecule has 82 valence electrons. The Kier molecular flexibility index (Phi) is 2.83. The second kappa shape index (κ2) is 4.14. The number of phenols is 1. The lowest BCUT2D eigenvalue weighted by Crippen LogP contribution is -2.16. The van der Waals surface area contributed by atoms with E-state index in [1.165, 1.54) is 6.07 Å². The van der Waals surface area contributed by atoms with Gasteiger partial charge in [0.2, 0.25) is 0 Å². The Hall–Kier alpha value is -1.55. The SMILES string of the molecule is Cn1c(-c2ccc(O)cc2Br)cccc1=O. The van der Waals surface area contributed by atoms with Gasteiger partial charge in [-0.25, -0.2) is 0 Å². The van der Waals surface area contributed by atoms with E-state index in [1.807, 2.05) is 6.07 Å². The number of rotatable bonds is 1. The van der Waals surface area contributed by atoms with Gasteiger partial charge in [-0.15, -0.1) is 0 Å². The average molecular weight is 280 g/mol. The van der Waals surface area contributed by atoms with Crippen molar-refractivity contribution in [2.75, 3.05) is 0 Å². The maximum Gasteiger partial charge on any atom is 0.250 e. The summed E-state index contributed by atoms with van der Waals surface area (Å²) in [4.78, 5) is 11.5. The van der Waals surface area contributed by atoms with Crippen LogP contribution in [-0.2, 0) is 7.05 Å². The van der Waals surface area contributed by atoms with E-state index in [0.29, 0.717) is 0 Å². The molecule has 0 bridgehead atoms. The predicted octanol–water partition coefficient (Wildman–Crippen LogP) is 2.52. The third-order valence-electron chi connectivity index (χ3n) is 2.41. The number of aromatic hydroxyl groups is 1.